The summed E-state index contributed by atoms with van der Waals surface area (Å²) in [4.78, 5) is 30.2. The standard InChI is InChI=1S/C24H22N2O4S/c1-3-7-17-12-23(28)30-22-13-20(10-11-21(17)22)29-14-18-15-31-24(25-18)26(16(2)27)19-8-5-4-6-9-19/h4-6,8-13,15H,3,7,14H2,1-2H3. The summed E-state index contributed by atoms with van der Waals surface area (Å²) >= 11 is 1.38. The molecule has 31 heavy (non-hydrogen) atoms. The fourth-order valence-electron chi connectivity index (χ4n) is 3.40. The molecule has 2 aromatic heterocycles. The van der Waals surface area contributed by atoms with Gasteiger partial charge in [0.25, 0.3) is 0 Å². The number of amides is 1. The quantitative estimate of drug-likeness (QED) is 0.361. The van der Waals surface area contributed by atoms with Crippen LogP contribution in [0.1, 0.15) is 31.5 Å². The van der Waals surface area contributed by atoms with Crippen LogP contribution in [0, 0.1) is 0 Å². The lowest BCUT2D eigenvalue weighted by Gasteiger charge is -2.17. The van der Waals surface area contributed by atoms with Gasteiger partial charge in [-0.25, -0.2) is 9.78 Å². The molecule has 0 saturated carbocycles. The van der Waals surface area contributed by atoms with Crippen molar-refractivity contribution in [3.05, 3.63) is 81.7 Å². The minimum absolute atomic E-state index is 0.111. The number of aryl methyl sites for hydroxylation is 1. The fraction of sp³-hybridized carbons (Fsp3) is 0.208. The van der Waals surface area contributed by atoms with Crippen LogP contribution in [0.5, 0.6) is 5.75 Å². The Balaban J connectivity index is 1.52. The van der Waals surface area contributed by atoms with Gasteiger partial charge in [0, 0.05) is 29.8 Å². The average molecular weight is 435 g/mol. The molecule has 4 aromatic rings. The van der Waals surface area contributed by atoms with Crippen molar-refractivity contribution in [1.82, 2.24) is 4.98 Å². The Morgan fingerprint density at radius 2 is 1.97 bits per heavy atom. The summed E-state index contributed by atoms with van der Waals surface area (Å²) < 4.78 is 11.2. The molecule has 0 aliphatic heterocycles. The Morgan fingerprint density at radius 1 is 1.16 bits per heavy atom. The molecule has 6 nitrogen and oxygen atoms in total. The van der Waals surface area contributed by atoms with Gasteiger partial charge in [0.1, 0.15) is 17.9 Å². The van der Waals surface area contributed by atoms with Gasteiger partial charge in [0.15, 0.2) is 5.13 Å². The van der Waals surface area contributed by atoms with E-state index >= 15 is 0 Å². The summed E-state index contributed by atoms with van der Waals surface area (Å²) in [6.07, 6.45) is 1.77. The van der Waals surface area contributed by atoms with Gasteiger partial charge < -0.3 is 9.15 Å². The lowest BCUT2D eigenvalue weighted by Crippen LogP contribution is -2.22. The van der Waals surface area contributed by atoms with E-state index in [0.717, 1.165) is 29.5 Å². The molecule has 0 aliphatic carbocycles. The van der Waals surface area contributed by atoms with Gasteiger partial charge in [-0.1, -0.05) is 31.5 Å². The van der Waals surface area contributed by atoms with Crippen LogP contribution in [0.25, 0.3) is 11.0 Å². The summed E-state index contributed by atoms with van der Waals surface area (Å²) in [5, 5.41) is 3.38. The number of para-hydroxylation sites is 1. The summed E-state index contributed by atoms with van der Waals surface area (Å²) in [5.41, 5.74) is 2.61. The zero-order chi connectivity index (χ0) is 21.8. The number of aromatic nitrogens is 1. The Labute approximate surface area is 183 Å². The van der Waals surface area contributed by atoms with Gasteiger partial charge in [-0.15, -0.1) is 11.3 Å². The van der Waals surface area contributed by atoms with E-state index < -0.39 is 0 Å². The number of ether oxygens (including phenoxy) is 1. The number of nitrogens with zero attached hydrogens (tertiary/aromatic N) is 2. The van der Waals surface area contributed by atoms with Crippen LogP contribution in [0.3, 0.4) is 0 Å². The molecule has 1 amide bonds. The SMILES string of the molecule is CCCc1cc(=O)oc2cc(OCc3csc(N(C(C)=O)c4ccccc4)n3)ccc12. The van der Waals surface area contributed by atoms with Gasteiger partial charge in [-0.3, -0.25) is 9.69 Å². The maximum Gasteiger partial charge on any atom is 0.336 e. The van der Waals surface area contributed by atoms with E-state index in [9.17, 15) is 9.59 Å². The summed E-state index contributed by atoms with van der Waals surface area (Å²) in [5.74, 6) is 0.478. The van der Waals surface area contributed by atoms with Gasteiger partial charge in [-0.05, 0) is 36.2 Å². The number of carbonyl (C=O) groups excluding carboxylic acids is 1. The van der Waals surface area contributed by atoms with Crippen LogP contribution in [-0.4, -0.2) is 10.9 Å². The summed E-state index contributed by atoms with van der Waals surface area (Å²) in [6, 6.07) is 16.5. The van der Waals surface area contributed by atoms with Gasteiger partial charge in [0.05, 0.1) is 11.4 Å². The lowest BCUT2D eigenvalue weighted by atomic mass is 10.1. The van der Waals surface area contributed by atoms with Crippen LogP contribution in [0.4, 0.5) is 10.8 Å². The maximum absolute atomic E-state index is 12.2. The second kappa shape index (κ2) is 9.14. The highest BCUT2D eigenvalue weighted by Crippen LogP contribution is 2.29. The molecule has 158 valence electrons. The molecule has 7 heteroatoms. The van der Waals surface area contributed by atoms with E-state index in [1.165, 1.54) is 18.3 Å². The lowest BCUT2D eigenvalue weighted by molar-refractivity contribution is -0.115. The number of thiazole rings is 1. The highest BCUT2D eigenvalue weighted by Gasteiger charge is 2.18. The van der Waals surface area contributed by atoms with Crippen molar-refractivity contribution in [3.63, 3.8) is 0 Å². The molecule has 0 spiro atoms. The number of benzene rings is 2. The van der Waals surface area contributed by atoms with Crippen LogP contribution >= 0.6 is 11.3 Å². The summed E-state index contributed by atoms with van der Waals surface area (Å²) in [7, 11) is 0. The second-order valence-electron chi connectivity index (χ2n) is 7.10. The van der Waals surface area contributed by atoms with Gasteiger partial charge in [-0.2, -0.15) is 0 Å². The number of carbonyl (C=O) groups is 1. The highest BCUT2D eigenvalue weighted by atomic mass is 32.1. The first-order valence-corrected chi connectivity index (χ1v) is 10.9. The number of hydrogen-bond donors (Lipinski definition) is 0. The number of rotatable bonds is 7. The predicted molar refractivity (Wildman–Crippen MR) is 122 cm³/mol. The highest BCUT2D eigenvalue weighted by molar-refractivity contribution is 7.14. The Bertz CT molecular complexity index is 1260. The van der Waals surface area contributed by atoms with E-state index in [2.05, 4.69) is 11.9 Å². The Kier molecular flexibility index (Phi) is 6.13. The average Bonchev–Trinajstić information content (AvgIpc) is 3.21. The van der Waals surface area contributed by atoms with Crippen molar-refractivity contribution < 1.29 is 13.9 Å². The minimum Gasteiger partial charge on any atom is -0.487 e. The predicted octanol–water partition coefficient (Wildman–Crippen LogP) is 5.47. The molecule has 0 radical (unpaired) electrons. The Hall–Kier alpha value is -3.45. The molecule has 0 fully saturated rings. The van der Waals surface area contributed by atoms with Crippen molar-refractivity contribution >= 4 is 39.0 Å². The van der Waals surface area contributed by atoms with E-state index in [4.69, 9.17) is 9.15 Å². The Morgan fingerprint density at radius 3 is 2.71 bits per heavy atom. The van der Waals surface area contributed by atoms with E-state index in [0.29, 0.717) is 22.2 Å². The van der Waals surface area contributed by atoms with Crippen LogP contribution in [-0.2, 0) is 17.8 Å². The second-order valence-corrected chi connectivity index (χ2v) is 7.94. The third-order valence-corrected chi connectivity index (χ3v) is 5.64. The van der Waals surface area contributed by atoms with Crippen molar-refractivity contribution in [3.8, 4) is 5.75 Å². The molecule has 2 heterocycles. The summed E-state index contributed by atoms with van der Waals surface area (Å²) in [6.45, 7) is 3.83. The molecule has 0 N–H and O–H groups in total. The number of hydrogen-bond acceptors (Lipinski definition) is 6. The maximum atomic E-state index is 12.2. The smallest absolute Gasteiger partial charge is 0.336 e. The molecule has 4 rings (SSSR count). The van der Waals surface area contributed by atoms with E-state index in [1.807, 2.05) is 47.8 Å². The molecule has 0 aliphatic rings. The van der Waals surface area contributed by atoms with E-state index in [1.54, 1.807) is 17.0 Å². The normalized spacial score (nSPS) is 10.9. The first kappa shape index (κ1) is 20.8. The number of anilines is 2. The largest absolute Gasteiger partial charge is 0.487 e. The molecular weight excluding hydrogens is 412 g/mol. The molecular formula is C24H22N2O4S. The molecule has 0 unspecified atom stereocenters. The molecule has 0 atom stereocenters. The minimum atomic E-state index is -0.359. The van der Waals surface area contributed by atoms with Crippen LogP contribution in [0.15, 0.2) is 69.2 Å². The third-order valence-electron chi connectivity index (χ3n) is 4.77. The molecule has 0 bridgehead atoms. The van der Waals surface area contributed by atoms with Gasteiger partial charge in [0.2, 0.25) is 5.91 Å². The van der Waals surface area contributed by atoms with E-state index in [-0.39, 0.29) is 18.1 Å². The fourth-order valence-corrected chi connectivity index (χ4v) is 4.27. The van der Waals surface area contributed by atoms with Crippen molar-refractivity contribution in [2.75, 3.05) is 4.90 Å². The monoisotopic (exact) mass is 434 g/mol. The molecule has 2 aromatic carbocycles. The first-order chi connectivity index (χ1) is 15.0. The number of fused-ring (bicyclic) bond motifs is 1. The van der Waals surface area contributed by atoms with Crippen molar-refractivity contribution in [1.29, 1.82) is 0 Å². The van der Waals surface area contributed by atoms with Gasteiger partial charge >= 0.3 is 5.63 Å². The third kappa shape index (κ3) is 4.67. The topological polar surface area (TPSA) is 72.6 Å². The zero-order valence-corrected chi connectivity index (χ0v) is 18.1. The van der Waals surface area contributed by atoms with Crippen LogP contribution < -0.4 is 15.3 Å². The van der Waals surface area contributed by atoms with Crippen LogP contribution in [0.2, 0.25) is 0 Å². The zero-order valence-electron chi connectivity index (χ0n) is 17.3. The van der Waals surface area contributed by atoms with Crippen molar-refractivity contribution in [2.24, 2.45) is 0 Å². The van der Waals surface area contributed by atoms with Crippen molar-refractivity contribution in [2.45, 2.75) is 33.3 Å². The molecule has 0 saturated heterocycles. The first-order valence-electron chi connectivity index (χ1n) is 10.0.